The molecule has 2 aromatic carbocycles. The molecule has 2 heterocycles. The molecule has 0 saturated carbocycles. The molecule has 0 atom stereocenters. The summed E-state index contributed by atoms with van der Waals surface area (Å²) in [4.78, 5) is 32.3. The average molecular weight is 608 g/mol. The summed E-state index contributed by atoms with van der Waals surface area (Å²) in [5, 5.41) is 0. The Balaban J connectivity index is 1.85. The number of sulfonamides is 1. The van der Waals surface area contributed by atoms with Crippen molar-refractivity contribution in [2.24, 2.45) is 0 Å². The molecule has 10 nitrogen and oxygen atoms in total. The van der Waals surface area contributed by atoms with Gasteiger partial charge in [0.15, 0.2) is 0 Å². The number of amides is 1. The molecule has 1 aromatic heterocycles. The van der Waals surface area contributed by atoms with Gasteiger partial charge >= 0.3 is 5.97 Å². The summed E-state index contributed by atoms with van der Waals surface area (Å²) in [5.74, 6) is -0.364. The van der Waals surface area contributed by atoms with Crippen molar-refractivity contribution in [3.8, 4) is 5.75 Å². The number of pyridine rings is 1. The molecule has 11 heteroatoms. The Bertz CT molecular complexity index is 1580. The van der Waals surface area contributed by atoms with E-state index in [4.69, 9.17) is 14.2 Å². The summed E-state index contributed by atoms with van der Waals surface area (Å²) < 4.78 is 46.0. The minimum Gasteiger partial charge on any atom is -0.497 e. The number of hydrogen-bond donors (Lipinski definition) is 0. The van der Waals surface area contributed by atoms with Crippen LogP contribution in [0.4, 0.5) is 5.69 Å². The van der Waals surface area contributed by atoms with Crippen molar-refractivity contribution in [2.75, 3.05) is 37.7 Å². The molecule has 1 aliphatic rings. The fourth-order valence-corrected chi connectivity index (χ4v) is 6.13. The zero-order valence-corrected chi connectivity index (χ0v) is 25.9. The van der Waals surface area contributed by atoms with Gasteiger partial charge in [-0.15, -0.1) is 0 Å². The summed E-state index contributed by atoms with van der Waals surface area (Å²) in [6.45, 7) is 8.80. The van der Waals surface area contributed by atoms with E-state index in [1.54, 1.807) is 87.5 Å². The topological polar surface area (TPSA) is 115 Å². The first-order valence-electron chi connectivity index (χ1n) is 13.9. The number of ether oxygens (including phenoxy) is 3. The van der Waals surface area contributed by atoms with Crippen molar-refractivity contribution in [1.29, 1.82) is 0 Å². The van der Waals surface area contributed by atoms with Gasteiger partial charge in [0.1, 0.15) is 11.4 Å². The lowest BCUT2D eigenvalue weighted by Gasteiger charge is -2.29. The molecule has 0 spiro atoms. The fraction of sp³-hybridized carbons (Fsp3) is 0.344. The van der Waals surface area contributed by atoms with Crippen LogP contribution in [0.3, 0.4) is 0 Å². The van der Waals surface area contributed by atoms with Gasteiger partial charge in [-0.2, -0.15) is 0 Å². The molecule has 43 heavy (non-hydrogen) atoms. The normalized spacial score (nSPS) is 14.0. The van der Waals surface area contributed by atoms with Crippen LogP contribution in [0.15, 0.2) is 71.9 Å². The summed E-state index contributed by atoms with van der Waals surface area (Å²) in [6, 6.07) is 12.8. The minimum absolute atomic E-state index is 0.0202. The molecule has 0 N–H and O–H groups in total. The number of nitrogens with zero attached hydrogens (tertiary/aromatic N) is 3. The molecule has 1 amide bonds. The van der Waals surface area contributed by atoms with E-state index in [9.17, 15) is 18.0 Å². The number of esters is 1. The fourth-order valence-electron chi connectivity index (χ4n) is 4.60. The highest BCUT2D eigenvalue weighted by atomic mass is 32.2. The van der Waals surface area contributed by atoms with Crippen molar-refractivity contribution >= 4 is 33.7 Å². The van der Waals surface area contributed by atoms with Crippen molar-refractivity contribution < 1.29 is 32.2 Å². The average Bonchev–Trinajstić information content (AvgIpc) is 2.98. The molecule has 0 unspecified atom stereocenters. The lowest BCUT2D eigenvalue weighted by molar-refractivity contribution is -0.129. The van der Waals surface area contributed by atoms with E-state index in [1.807, 2.05) is 0 Å². The van der Waals surface area contributed by atoms with Crippen LogP contribution in [-0.2, 0) is 30.8 Å². The van der Waals surface area contributed by atoms with E-state index < -0.39 is 21.6 Å². The Labute approximate surface area is 252 Å². The van der Waals surface area contributed by atoms with E-state index >= 15 is 0 Å². The van der Waals surface area contributed by atoms with Crippen molar-refractivity contribution in [3.63, 3.8) is 0 Å². The van der Waals surface area contributed by atoms with E-state index in [1.165, 1.54) is 29.6 Å². The van der Waals surface area contributed by atoms with Crippen LogP contribution >= 0.6 is 0 Å². The zero-order valence-electron chi connectivity index (χ0n) is 25.1. The van der Waals surface area contributed by atoms with Crippen LogP contribution in [0, 0.1) is 6.92 Å². The lowest BCUT2D eigenvalue weighted by Crippen LogP contribution is -2.39. The van der Waals surface area contributed by atoms with Gasteiger partial charge in [0, 0.05) is 31.6 Å². The Morgan fingerprint density at radius 3 is 2.40 bits per heavy atom. The molecule has 1 saturated heterocycles. The van der Waals surface area contributed by atoms with Gasteiger partial charge in [0.25, 0.3) is 10.0 Å². The molecule has 4 rings (SSSR count). The lowest BCUT2D eigenvalue weighted by atomic mass is 10.0. The first kappa shape index (κ1) is 31.7. The monoisotopic (exact) mass is 607 g/mol. The smallest absolute Gasteiger partial charge is 0.340 e. The molecule has 228 valence electrons. The highest BCUT2D eigenvalue weighted by Gasteiger charge is 2.32. The summed E-state index contributed by atoms with van der Waals surface area (Å²) >= 11 is 0. The molecule has 0 aliphatic carbocycles. The standard InChI is InChI=1S/C32H37N3O7S/c1-23-19-24(8-13-29(36)34-15-17-41-18-16-34)20-28(31(37)42-32(2,3)4)30(23)35(22-25-7-6-14-33-21-25)43(38,39)27-11-9-26(40-5)10-12-27/h6-14,19-21H,15-18,22H2,1-5H3. The van der Waals surface area contributed by atoms with Crippen LogP contribution in [-0.4, -0.2) is 69.2 Å². The third-order valence-corrected chi connectivity index (χ3v) is 8.39. The van der Waals surface area contributed by atoms with Crippen molar-refractivity contribution in [3.05, 3.63) is 89.3 Å². The number of carbonyl (C=O) groups excluding carboxylic acids is 2. The third-order valence-electron chi connectivity index (χ3n) is 6.63. The quantitative estimate of drug-likeness (QED) is 0.256. The summed E-state index contributed by atoms with van der Waals surface area (Å²) in [6.07, 6.45) is 6.24. The maximum atomic E-state index is 14.3. The van der Waals surface area contributed by atoms with Crippen LogP contribution in [0.5, 0.6) is 5.75 Å². The van der Waals surface area contributed by atoms with Crippen molar-refractivity contribution in [1.82, 2.24) is 9.88 Å². The van der Waals surface area contributed by atoms with Crippen LogP contribution in [0.1, 0.15) is 47.8 Å². The Hall–Kier alpha value is -4.22. The Morgan fingerprint density at radius 2 is 1.79 bits per heavy atom. The number of anilines is 1. The third kappa shape index (κ3) is 7.99. The van der Waals surface area contributed by atoms with Crippen LogP contribution in [0.25, 0.3) is 6.08 Å². The number of carbonyl (C=O) groups is 2. The second kappa shape index (κ2) is 13.4. The van der Waals surface area contributed by atoms with Gasteiger partial charge in [0.2, 0.25) is 5.91 Å². The number of methoxy groups -OCH3 is 1. The first-order chi connectivity index (χ1) is 20.4. The van der Waals surface area contributed by atoms with Crippen LogP contribution in [0.2, 0.25) is 0 Å². The van der Waals surface area contributed by atoms with Gasteiger partial charge in [-0.25, -0.2) is 13.2 Å². The second-order valence-electron chi connectivity index (χ2n) is 11.1. The van der Waals surface area contributed by atoms with E-state index in [0.717, 1.165) is 0 Å². The molecule has 0 bridgehead atoms. The predicted molar refractivity (Wildman–Crippen MR) is 163 cm³/mol. The molecular weight excluding hydrogens is 570 g/mol. The minimum atomic E-state index is -4.20. The van der Waals surface area contributed by atoms with Crippen LogP contribution < -0.4 is 9.04 Å². The first-order valence-corrected chi connectivity index (χ1v) is 15.3. The molecule has 1 aliphatic heterocycles. The van der Waals surface area contributed by atoms with Gasteiger partial charge in [-0.1, -0.05) is 6.07 Å². The summed E-state index contributed by atoms with van der Waals surface area (Å²) in [5.41, 5.74) is 1.05. The SMILES string of the molecule is COc1ccc(S(=O)(=O)N(Cc2cccnc2)c2c(C)cc(C=CC(=O)N3CCOCC3)cc2C(=O)OC(C)(C)C)cc1. The van der Waals surface area contributed by atoms with Gasteiger partial charge in [0.05, 0.1) is 43.0 Å². The Kier molecular flexibility index (Phi) is 9.87. The number of aromatic nitrogens is 1. The van der Waals surface area contributed by atoms with E-state index in [-0.39, 0.29) is 28.6 Å². The number of morpholine rings is 1. The van der Waals surface area contributed by atoms with Crippen molar-refractivity contribution in [2.45, 2.75) is 44.7 Å². The molecular formula is C32H37N3O7S. The highest BCUT2D eigenvalue weighted by Crippen LogP contribution is 2.35. The highest BCUT2D eigenvalue weighted by molar-refractivity contribution is 7.92. The molecule has 3 aromatic rings. The largest absolute Gasteiger partial charge is 0.497 e. The Morgan fingerprint density at radius 1 is 1.09 bits per heavy atom. The number of benzene rings is 2. The maximum absolute atomic E-state index is 14.3. The van der Waals surface area contributed by atoms with E-state index in [2.05, 4.69) is 4.98 Å². The predicted octanol–water partition coefficient (Wildman–Crippen LogP) is 4.62. The number of aryl methyl sites for hydroxylation is 1. The number of hydrogen-bond acceptors (Lipinski definition) is 8. The van der Waals surface area contributed by atoms with Gasteiger partial charge in [-0.05, 0) is 92.9 Å². The summed E-state index contributed by atoms with van der Waals surface area (Å²) in [7, 11) is -2.70. The van der Waals surface area contributed by atoms with Gasteiger partial charge < -0.3 is 19.1 Å². The maximum Gasteiger partial charge on any atom is 0.340 e. The zero-order chi connectivity index (χ0) is 31.2. The second-order valence-corrected chi connectivity index (χ2v) is 12.9. The molecule has 1 fully saturated rings. The van der Waals surface area contributed by atoms with Gasteiger partial charge in [-0.3, -0.25) is 14.1 Å². The van der Waals surface area contributed by atoms with E-state index in [0.29, 0.717) is 48.7 Å². The number of rotatable bonds is 9. The molecule has 0 radical (unpaired) electrons.